The van der Waals surface area contributed by atoms with Crippen molar-refractivity contribution in [2.75, 3.05) is 11.9 Å². The summed E-state index contributed by atoms with van der Waals surface area (Å²) in [5.41, 5.74) is 1.04. The number of hydrogen-bond acceptors (Lipinski definition) is 2. The maximum Gasteiger partial charge on any atom is 0.0590 e. The number of anilines is 1. The number of nitrogens with one attached hydrogen (secondary N) is 1. The Labute approximate surface area is 91.8 Å². The van der Waals surface area contributed by atoms with Crippen molar-refractivity contribution in [3.05, 3.63) is 22.9 Å². The lowest BCUT2D eigenvalue weighted by Crippen LogP contribution is -2.13. The molecule has 0 amide bonds. The zero-order valence-corrected chi connectivity index (χ0v) is 9.77. The van der Waals surface area contributed by atoms with Crippen molar-refractivity contribution in [2.24, 2.45) is 0 Å². The van der Waals surface area contributed by atoms with Crippen LogP contribution in [0.15, 0.2) is 22.9 Å². The second-order valence-electron chi connectivity index (χ2n) is 2.74. The fraction of sp³-hybridized carbons (Fsp3) is 0.444. The van der Waals surface area contributed by atoms with Gasteiger partial charge in [0.1, 0.15) is 0 Å². The molecule has 1 heterocycles. The Morgan fingerprint density at radius 2 is 2.46 bits per heavy atom. The van der Waals surface area contributed by atoms with Gasteiger partial charge in [-0.1, -0.05) is 6.92 Å². The average molecular weight is 264 g/mol. The molecule has 0 fully saturated rings. The molecule has 1 N–H and O–H groups in total. The van der Waals surface area contributed by atoms with Gasteiger partial charge in [-0.25, -0.2) is 0 Å². The normalized spacial score (nSPS) is 12.5. The molecule has 0 saturated carbocycles. The van der Waals surface area contributed by atoms with Gasteiger partial charge < -0.3 is 5.32 Å². The molecule has 0 bridgehead atoms. The van der Waals surface area contributed by atoms with E-state index < -0.39 is 0 Å². The van der Waals surface area contributed by atoms with E-state index >= 15 is 0 Å². The minimum Gasteiger partial charge on any atom is -0.383 e. The fourth-order valence-electron chi connectivity index (χ4n) is 0.884. The minimum atomic E-state index is 0.181. The summed E-state index contributed by atoms with van der Waals surface area (Å²) in [5, 5.41) is 3.43. The lowest BCUT2D eigenvalue weighted by atomic mass is 10.3. The average Bonchev–Trinajstić information content (AvgIpc) is 2.16. The van der Waals surface area contributed by atoms with Crippen molar-refractivity contribution in [1.82, 2.24) is 4.98 Å². The van der Waals surface area contributed by atoms with Gasteiger partial charge in [-0.2, -0.15) is 0 Å². The summed E-state index contributed by atoms with van der Waals surface area (Å²) in [6.45, 7) is 2.85. The van der Waals surface area contributed by atoms with Gasteiger partial charge in [0.15, 0.2) is 0 Å². The van der Waals surface area contributed by atoms with Crippen LogP contribution in [-0.4, -0.2) is 16.9 Å². The molecule has 2 nitrogen and oxygen atoms in total. The minimum absolute atomic E-state index is 0.181. The third-order valence-electron chi connectivity index (χ3n) is 1.73. The van der Waals surface area contributed by atoms with Crippen molar-refractivity contribution >= 4 is 33.2 Å². The van der Waals surface area contributed by atoms with Gasteiger partial charge in [0.05, 0.1) is 15.5 Å². The van der Waals surface area contributed by atoms with E-state index in [9.17, 15) is 0 Å². The molecule has 13 heavy (non-hydrogen) atoms. The smallest absolute Gasteiger partial charge is 0.0590 e. The van der Waals surface area contributed by atoms with E-state index in [1.54, 1.807) is 12.4 Å². The van der Waals surface area contributed by atoms with Crippen molar-refractivity contribution in [2.45, 2.75) is 18.7 Å². The summed E-state index contributed by atoms with van der Waals surface area (Å²) in [4.78, 5) is 3.97. The third kappa shape index (κ3) is 3.53. The molecule has 0 aliphatic rings. The van der Waals surface area contributed by atoms with E-state index in [1.807, 2.05) is 6.07 Å². The van der Waals surface area contributed by atoms with Crippen LogP contribution in [0, 0.1) is 0 Å². The quantitative estimate of drug-likeness (QED) is 0.843. The van der Waals surface area contributed by atoms with E-state index in [2.05, 4.69) is 33.2 Å². The summed E-state index contributed by atoms with van der Waals surface area (Å²) in [6, 6.07) is 1.92. The number of halogens is 2. The number of hydrogen-bond donors (Lipinski definition) is 1. The summed E-state index contributed by atoms with van der Waals surface area (Å²) in [6.07, 6.45) is 4.48. The van der Waals surface area contributed by atoms with Gasteiger partial charge in [-0.05, 0) is 28.4 Å². The molecule has 1 atom stereocenters. The largest absolute Gasteiger partial charge is 0.383 e. The number of nitrogens with zero attached hydrogens (tertiary/aromatic N) is 1. The van der Waals surface area contributed by atoms with E-state index in [4.69, 9.17) is 11.6 Å². The van der Waals surface area contributed by atoms with Crippen LogP contribution in [0.5, 0.6) is 0 Å². The molecule has 0 aromatic carbocycles. The maximum atomic E-state index is 5.97. The molecule has 1 rings (SSSR count). The summed E-state index contributed by atoms with van der Waals surface area (Å²) in [5.74, 6) is 0. The molecule has 1 unspecified atom stereocenters. The predicted molar refractivity (Wildman–Crippen MR) is 60.4 cm³/mol. The molecular weight excluding hydrogens is 251 g/mol. The Hall–Kier alpha value is -0.280. The number of alkyl halides is 1. The molecule has 0 radical (unpaired) electrons. The van der Waals surface area contributed by atoms with Crippen LogP contribution in [0.4, 0.5) is 5.69 Å². The van der Waals surface area contributed by atoms with Crippen LogP contribution in [0.1, 0.15) is 13.3 Å². The lowest BCUT2D eigenvalue weighted by molar-refractivity contribution is 0.843. The van der Waals surface area contributed by atoms with Crippen LogP contribution >= 0.6 is 27.5 Å². The second kappa shape index (κ2) is 5.45. The predicted octanol–water partition coefficient (Wildman–Crippen LogP) is 3.27. The van der Waals surface area contributed by atoms with Crippen LogP contribution in [-0.2, 0) is 0 Å². The Morgan fingerprint density at radius 1 is 1.69 bits per heavy atom. The molecule has 1 aromatic heterocycles. The van der Waals surface area contributed by atoms with Crippen molar-refractivity contribution < 1.29 is 0 Å². The number of rotatable bonds is 4. The Bertz CT molecular complexity index is 268. The highest BCUT2D eigenvalue weighted by molar-refractivity contribution is 9.10. The topological polar surface area (TPSA) is 24.9 Å². The molecule has 0 spiro atoms. The highest BCUT2D eigenvalue weighted by atomic mass is 79.9. The van der Waals surface area contributed by atoms with Crippen LogP contribution in [0.25, 0.3) is 0 Å². The van der Waals surface area contributed by atoms with Gasteiger partial charge in [-0.3, -0.25) is 4.98 Å². The van der Waals surface area contributed by atoms with E-state index in [0.717, 1.165) is 23.1 Å². The summed E-state index contributed by atoms with van der Waals surface area (Å²) >= 11 is 9.37. The lowest BCUT2D eigenvalue weighted by Gasteiger charge is -2.10. The highest BCUT2D eigenvalue weighted by Gasteiger charge is 2.02. The first-order chi connectivity index (χ1) is 6.24. The first-order valence-electron chi connectivity index (χ1n) is 4.21. The van der Waals surface area contributed by atoms with Gasteiger partial charge in [0, 0.05) is 18.9 Å². The van der Waals surface area contributed by atoms with Crippen molar-refractivity contribution in [3.63, 3.8) is 0 Å². The zero-order chi connectivity index (χ0) is 9.68. The molecule has 1 aromatic rings. The van der Waals surface area contributed by atoms with Gasteiger partial charge in [-0.15, -0.1) is 11.6 Å². The van der Waals surface area contributed by atoms with E-state index in [-0.39, 0.29) is 5.38 Å². The van der Waals surface area contributed by atoms with Gasteiger partial charge >= 0.3 is 0 Å². The van der Waals surface area contributed by atoms with Gasteiger partial charge in [0.25, 0.3) is 0 Å². The van der Waals surface area contributed by atoms with Crippen LogP contribution in [0.2, 0.25) is 0 Å². The fourth-order valence-corrected chi connectivity index (χ4v) is 1.35. The second-order valence-corrected chi connectivity index (χ2v) is 4.21. The van der Waals surface area contributed by atoms with E-state index in [1.165, 1.54) is 0 Å². The summed E-state index contributed by atoms with van der Waals surface area (Å²) < 4.78 is 0.968. The van der Waals surface area contributed by atoms with Crippen LogP contribution < -0.4 is 5.32 Å². The SMILES string of the molecule is CCC(Cl)CNc1ccncc1Br. The first-order valence-corrected chi connectivity index (χ1v) is 5.44. The molecule has 0 aliphatic carbocycles. The molecule has 0 saturated heterocycles. The zero-order valence-electron chi connectivity index (χ0n) is 7.43. The molecule has 72 valence electrons. The van der Waals surface area contributed by atoms with Crippen molar-refractivity contribution in [1.29, 1.82) is 0 Å². The third-order valence-corrected chi connectivity index (χ3v) is 2.82. The standard InChI is InChI=1S/C9H12BrClN2/c1-2-7(11)5-13-9-3-4-12-6-8(9)10/h3-4,6-7H,2,5H2,1H3,(H,12,13). The molecule has 0 aliphatic heterocycles. The Kier molecular flexibility index (Phi) is 4.53. The maximum absolute atomic E-state index is 5.97. The number of aromatic nitrogens is 1. The monoisotopic (exact) mass is 262 g/mol. The van der Waals surface area contributed by atoms with Gasteiger partial charge in [0.2, 0.25) is 0 Å². The number of pyridine rings is 1. The van der Waals surface area contributed by atoms with E-state index in [0.29, 0.717) is 0 Å². The Morgan fingerprint density at radius 3 is 3.08 bits per heavy atom. The highest BCUT2D eigenvalue weighted by Crippen LogP contribution is 2.20. The Balaban J connectivity index is 2.50. The molecular formula is C9H12BrClN2. The van der Waals surface area contributed by atoms with Crippen LogP contribution in [0.3, 0.4) is 0 Å². The molecule has 4 heteroatoms. The van der Waals surface area contributed by atoms with Crippen molar-refractivity contribution in [3.8, 4) is 0 Å². The summed E-state index contributed by atoms with van der Waals surface area (Å²) in [7, 11) is 0. The first kappa shape index (κ1) is 10.8.